The number of benzodiazepines with no additional fused rings is 1. The van der Waals surface area contributed by atoms with Crippen LogP contribution in [0.25, 0.3) is 0 Å². The van der Waals surface area contributed by atoms with Gasteiger partial charge in [0.05, 0.1) is 24.8 Å². The molecular weight excluding hydrogens is 548 g/mol. The van der Waals surface area contributed by atoms with Crippen molar-refractivity contribution in [2.24, 2.45) is 33.6 Å². The minimum atomic E-state index is -1.94. The number of ketones is 1. The molecule has 0 spiro atoms. The van der Waals surface area contributed by atoms with E-state index >= 15 is 0 Å². The second-order valence-corrected chi connectivity index (χ2v) is 14.0. The van der Waals surface area contributed by atoms with Crippen molar-refractivity contribution >= 4 is 28.8 Å². The van der Waals surface area contributed by atoms with Crippen molar-refractivity contribution in [1.29, 1.82) is 0 Å². The van der Waals surface area contributed by atoms with E-state index in [0.717, 1.165) is 79.0 Å². The minimum absolute atomic E-state index is 0.0171. The molecule has 7 heteroatoms. The van der Waals surface area contributed by atoms with Crippen LogP contribution in [0.3, 0.4) is 0 Å². The summed E-state index contributed by atoms with van der Waals surface area (Å²) in [6, 6.07) is 16.3. The maximum absolute atomic E-state index is 11.9. The van der Waals surface area contributed by atoms with Gasteiger partial charge in [-0.3, -0.25) is 9.79 Å². The second-order valence-electron chi connectivity index (χ2n) is 13.6. The zero-order chi connectivity index (χ0) is 29.9. The Balaban J connectivity index is 0.000000153. The van der Waals surface area contributed by atoms with Gasteiger partial charge in [-0.2, -0.15) is 0 Å². The van der Waals surface area contributed by atoms with Crippen molar-refractivity contribution < 1.29 is 20.1 Å². The van der Waals surface area contributed by atoms with Crippen LogP contribution in [0.1, 0.15) is 69.9 Å². The molecule has 4 aliphatic carbocycles. The molecule has 2 aromatic rings. The van der Waals surface area contributed by atoms with Gasteiger partial charge in [-0.1, -0.05) is 61.4 Å². The molecular formula is C35H43ClN2O4. The Labute approximate surface area is 254 Å². The summed E-state index contributed by atoms with van der Waals surface area (Å²) in [5.41, 5.74) is 4.66. The first-order valence-corrected chi connectivity index (χ1v) is 15.8. The molecule has 0 amide bonds. The highest BCUT2D eigenvalue weighted by molar-refractivity contribution is 6.31. The number of halogens is 1. The van der Waals surface area contributed by atoms with Crippen molar-refractivity contribution in [2.45, 2.75) is 70.7 Å². The van der Waals surface area contributed by atoms with Crippen LogP contribution in [-0.2, 0) is 4.79 Å². The number of likely N-dealkylation sites (N-methyl/N-ethyl adjacent to an activating group) is 1. The number of carbonyl (C=O) groups excluding carboxylic acids is 1. The Kier molecular flexibility index (Phi) is 7.66. The fourth-order valence-electron chi connectivity index (χ4n) is 9.04. The lowest BCUT2D eigenvalue weighted by molar-refractivity contribution is -0.263. The van der Waals surface area contributed by atoms with Gasteiger partial charge in [0.1, 0.15) is 0 Å². The topological polar surface area (TPSA) is 93.4 Å². The number of nitrogens with zero attached hydrogens (tertiary/aromatic N) is 2. The first-order valence-electron chi connectivity index (χ1n) is 15.4. The molecule has 3 fully saturated rings. The Morgan fingerprint density at radius 3 is 2.52 bits per heavy atom. The zero-order valence-electron chi connectivity index (χ0n) is 24.9. The van der Waals surface area contributed by atoms with Crippen molar-refractivity contribution in [3.63, 3.8) is 0 Å². The van der Waals surface area contributed by atoms with Gasteiger partial charge in [0, 0.05) is 40.8 Å². The maximum atomic E-state index is 11.9. The van der Waals surface area contributed by atoms with Crippen molar-refractivity contribution in [2.75, 3.05) is 25.0 Å². The number of rotatable bonds is 1. The van der Waals surface area contributed by atoms with Crippen LogP contribution >= 0.6 is 11.6 Å². The van der Waals surface area contributed by atoms with Crippen molar-refractivity contribution in [1.82, 2.24) is 0 Å². The van der Waals surface area contributed by atoms with Crippen LogP contribution in [0.2, 0.25) is 5.02 Å². The summed E-state index contributed by atoms with van der Waals surface area (Å²) in [7, 11) is 2.09. The van der Waals surface area contributed by atoms with Crippen LogP contribution in [0, 0.1) is 28.6 Å². The van der Waals surface area contributed by atoms with Crippen LogP contribution in [0.15, 0.2) is 65.2 Å². The normalized spacial score (nSPS) is 34.8. The predicted octanol–water partition coefficient (Wildman–Crippen LogP) is 5.80. The number of benzene rings is 2. The molecule has 42 heavy (non-hydrogen) atoms. The summed E-state index contributed by atoms with van der Waals surface area (Å²) in [6.07, 6.45) is 6.78. The molecule has 0 aromatic heterocycles. The lowest BCUT2D eigenvalue weighted by Gasteiger charge is -2.60. The van der Waals surface area contributed by atoms with E-state index in [0.29, 0.717) is 11.8 Å². The smallest absolute Gasteiger partial charge is 0.179 e. The molecule has 0 unspecified atom stereocenters. The zero-order valence-corrected chi connectivity index (χ0v) is 25.6. The van der Waals surface area contributed by atoms with Crippen LogP contribution in [0.5, 0.6) is 0 Å². The molecule has 3 N–H and O–H groups in total. The number of aliphatic hydroxyl groups is 3. The van der Waals surface area contributed by atoms with E-state index in [4.69, 9.17) is 16.6 Å². The summed E-state index contributed by atoms with van der Waals surface area (Å²) in [5.74, 6) is -1.04. The Morgan fingerprint density at radius 2 is 1.76 bits per heavy atom. The first kappa shape index (κ1) is 29.6. The Hall–Kier alpha value is -2.51. The number of anilines is 1. The molecule has 6 atom stereocenters. The average molecular weight is 591 g/mol. The SMILES string of the molecule is CN1CCN=C(c2ccccc2)c2cc(Cl)ccc21.C[C@]12CC[C@H]3[C@@H](CCC4=CC(=O)CC(O)(O)[C@@]43C)[C@@H]1CC[C@@H]2O. The molecule has 7 rings (SSSR count). The summed E-state index contributed by atoms with van der Waals surface area (Å²) in [5, 5.41) is 32.7. The highest BCUT2D eigenvalue weighted by atomic mass is 35.5. The Bertz CT molecular complexity index is 1420. The summed E-state index contributed by atoms with van der Waals surface area (Å²) in [4.78, 5) is 18.9. The van der Waals surface area contributed by atoms with Crippen molar-refractivity contribution in [3.05, 3.63) is 76.3 Å². The molecule has 0 bridgehead atoms. The molecule has 0 radical (unpaired) electrons. The van der Waals surface area contributed by atoms with Crippen LogP contribution in [-0.4, -0.2) is 58.8 Å². The van der Waals surface area contributed by atoms with E-state index in [1.54, 1.807) is 6.08 Å². The highest BCUT2D eigenvalue weighted by Crippen LogP contribution is 2.66. The van der Waals surface area contributed by atoms with E-state index in [2.05, 4.69) is 37.1 Å². The molecule has 3 saturated carbocycles. The van der Waals surface area contributed by atoms with E-state index < -0.39 is 11.2 Å². The standard InChI is InChI=1S/C19H28O4.C16H15ClN2/c1-17-8-7-15-13(14(17)5-6-16(17)21)4-3-11-9-12(20)10-19(22,23)18(11,15)2;1-19-10-9-18-16(12-5-3-2-4-6-12)14-11-13(17)7-8-15(14)19/h9,13-16,21-23H,3-8,10H2,1-2H3;2-8,11H,9-10H2,1H3/t13-,14-,15-,16-,17-,18-;/m0./s1. The molecule has 224 valence electrons. The van der Waals surface area contributed by atoms with E-state index in [9.17, 15) is 20.1 Å². The lowest BCUT2D eigenvalue weighted by Crippen LogP contribution is -2.61. The predicted molar refractivity (Wildman–Crippen MR) is 167 cm³/mol. The Morgan fingerprint density at radius 1 is 1.00 bits per heavy atom. The van der Waals surface area contributed by atoms with Gasteiger partial charge in [-0.05, 0) is 86.0 Å². The average Bonchev–Trinajstić information content (AvgIpc) is 3.16. The molecule has 6 nitrogen and oxygen atoms in total. The van der Waals surface area contributed by atoms with Crippen molar-refractivity contribution in [3.8, 4) is 0 Å². The third-order valence-corrected chi connectivity index (χ3v) is 11.7. The molecule has 2 aromatic carbocycles. The minimum Gasteiger partial charge on any atom is -0.393 e. The number of aliphatic imine (C=N–C) groups is 1. The molecule has 1 heterocycles. The van der Waals surface area contributed by atoms with Gasteiger partial charge in [-0.15, -0.1) is 0 Å². The number of aliphatic hydroxyl groups excluding tert-OH is 1. The fourth-order valence-corrected chi connectivity index (χ4v) is 9.21. The molecule has 0 saturated heterocycles. The van der Waals surface area contributed by atoms with Crippen LogP contribution < -0.4 is 4.90 Å². The number of hydrogen-bond donors (Lipinski definition) is 3. The maximum Gasteiger partial charge on any atom is 0.179 e. The third-order valence-electron chi connectivity index (χ3n) is 11.5. The van der Waals surface area contributed by atoms with Gasteiger partial charge < -0.3 is 20.2 Å². The van der Waals surface area contributed by atoms with Crippen LogP contribution in [0.4, 0.5) is 5.69 Å². The third kappa shape index (κ3) is 4.75. The van der Waals surface area contributed by atoms with Gasteiger partial charge >= 0.3 is 0 Å². The van der Waals surface area contributed by atoms with E-state index in [1.807, 2.05) is 37.3 Å². The molecule has 5 aliphatic rings. The van der Waals surface area contributed by atoms with Gasteiger partial charge in [0.2, 0.25) is 0 Å². The van der Waals surface area contributed by atoms with Gasteiger partial charge in [0.15, 0.2) is 11.6 Å². The van der Waals surface area contributed by atoms with Gasteiger partial charge in [-0.25, -0.2) is 0 Å². The number of carbonyl (C=O) groups is 1. The number of hydrogen-bond acceptors (Lipinski definition) is 6. The lowest BCUT2D eigenvalue weighted by atomic mass is 9.46. The second kappa shape index (κ2) is 10.9. The monoisotopic (exact) mass is 590 g/mol. The summed E-state index contributed by atoms with van der Waals surface area (Å²) >= 11 is 6.16. The largest absolute Gasteiger partial charge is 0.393 e. The van der Waals surface area contributed by atoms with Gasteiger partial charge in [0.25, 0.3) is 0 Å². The summed E-state index contributed by atoms with van der Waals surface area (Å²) in [6.45, 7) is 5.89. The first-order chi connectivity index (χ1) is 20.0. The fraction of sp³-hybridized carbons (Fsp3) is 0.543. The van der Waals surface area contributed by atoms with E-state index in [1.165, 1.54) is 5.69 Å². The highest BCUT2D eigenvalue weighted by Gasteiger charge is 2.64. The quantitative estimate of drug-likeness (QED) is 0.365. The summed E-state index contributed by atoms with van der Waals surface area (Å²) < 4.78 is 0. The molecule has 1 aliphatic heterocycles. The van der Waals surface area contributed by atoms with E-state index in [-0.39, 0.29) is 29.6 Å². The number of fused-ring (bicyclic) bond motifs is 6.